The highest BCUT2D eigenvalue weighted by molar-refractivity contribution is 5.32. The maximum absolute atomic E-state index is 5.07. The summed E-state index contributed by atoms with van der Waals surface area (Å²) >= 11 is 0. The van der Waals surface area contributed by atoms with Gasteiger partial charge in [0, 0.05) is 12.1 Å². The second kappa shape index (κ2) is 1.79. The fourth-order valence-electron chi connectivity index (χ4n) is 0.790. The van der Waals surface area contributed by atoms with Crippen molar-refractivity contribution >= 4 is 5.88 Å². The van der Waals surface area contributed by atoms with E-state index in [9.17, 15) is 0 Å². The van der Waals surface area contributed by atoms with Gasteiger partial charge in [0.05, 0.1) is 6.26 Å². The molecule has 0 aromatic carbocycles. The smallest absolute Gasteiger partial charge is 0.192 e. The van der Waals surface area contributed by atoms with E-state index in [0.29, 0.717) is 6.04 Å². The van der Waals surface area contributed by atoms with Crippen LogP contribution < -0.4 is 5.32 Å². The first kappa shape index (κ1) is 4.91. The Kier molecular flexibility index (Phi) is 0.979. The lowest BCUT2D eigenvalue weighted by Gasteiger charge is -1.95. The van der Waals surface area contributed by atoms with Crippen LogP contribution >= 0.6 is 0 Å². The van der Waals surface area contributed by atoms with Gasteiger partial charge in [-0.15, -0.1) is 0 Å². The monoisotopic (exact) mass is 123 g/mol. The summed E-state index contributed by atoms with van der Waals surface area (Å²) in [5, 5.41) is 3.23. The zero-order valence-corrected chi connectivity index (χ0v) is 5.13. The van der Waals surface area contributed by atoms with Gasteiger partial charge in [0.1, 0.15) is 0 Å². The van der Waals surface area contributed by atoms with Crippen molar-refractivity contribution in [1.29, 1.82) is 0 Å². The van der Waals surface area contributed by atoms with E-state index in [2.05, 4.69) is 5.32 Å². The van der Waals surface area contributed by atoms with Gasteiger partial charge in [0.2, 0.25) is 0 Å². The van der Waals surface area contributed by atoms with Gasteiger partial charge in [0.15, 0.2) is 5.88 Å². The van der Waals surface area contributed by atoms with Crippen molar-refractivity contribution in [2.45, 2.75) is 18.9 Å². The van der Waals surface area contributed by atoms with Crippen LogP contribution in [0.25, 0.3) is 0 Å². The zero-order chi connectivity index (χ0) is 6.10. The van der Waals surface area contributed by atoms with Crippen molar-refractivity contribution in [3.63, 3.8) is 0 Å². The second-order valence-electron chi connectivity index (χ2n) is 2.40. The third kappa shape index (κ3) is 1.07. The van der Waals surface area contributed by atoms with Gasteiger partial charge < -0.3 is 9.73 Å². The molecule has 2 rings (SSSR count). The summed E-state index contributed by atoms with van der Waals surface area (Å²) in [6, 6.07) is 4.53. The summed E-state index contributed by atoms with van der Waals surface area (Å²) in [6.45, 7) is 0. The topological polar surface area (TPSA) is 25.2 Å². The van der Waals surface area contributed by atoms with Crippen molar-refractivity contribution in [3.8, 4) is 0 Å². The first-order chi connectivity index (χ1) is 4.45. The summed E-state index contributed by atoms with van der Waals surface area (Å²) in [7, 11) is 0. The number of rotatable bonds is 2. The third-order valence-electron chi connectivity index (χ3n) is 1.44. The van der Waals surface area contributed by atoms with Gasteiger partial charge in [-0.3, -0.25) is 0 Å². The van der Waals surface area contributed by atoms with Crippen LogP contribution in [-0.4, -0.2) is 6.04 Å². The van der Waals surface area contributed by atoms with Crippen LogP contribution in [0.1, 0.15) is 12.8 Å². The summed E-state index contributed by atoms with van der Waals surface area (Å²) in [5.74, 6) is 0.900. The number of anilines is 1. The Morgan fingerprint density at radius 3 is 3.00 bits per heavy atom. The Bertz CT molecular complexity index is 177. The van der Waals surface area contributed by atoms with Gasteiger partial charge in [-0.25, -0.2) is 0 Å². The molecule has 0 unspecified atom stereocenters. The van der Waals surface area contributed by atoms with E-state index in [1.54, 1.807) is 6.26 Å². The number of furan rings is 1. The van der Waals surface area contributed by atoms with Crippen molar-refractivity contribution in [1.82, 2.24) is 0 Å². The summed E-state index contributed by atoms with van der Waals surface area (Å²) < 4.78 is 5.07. The van der Waals surface area contributed by atoms with E-state index in [0.717, 1.165) is 5.88 Å². The molecule has 1 heterocycles. The first-order valence-electron chi connectivity index (χ1n) is 3.25. The second-order valence-corrected chi connectivity index (χ2v) is 2.40. The van der Waals surface area contributed by atoms with E-state index in [-0.39, 0.29) is 0 Å². The van der Waals surface area contributed by atoms with Crippen LogP contribution in [0.15, 0.2) is 22.8 Å². The highest BCUT2D eigenvalue weighted by Gasteiger charge is 2.21. The van der Waals surface area contributed by atoms with Gasteiger partial charge >= 0.3 is 0 Å². The van der Waals surface area contributed by atoms with Gasteiger partial charge in [0.25, 0.3) is 0 Å². The van der Waals surface area contributed by atoms with Crippen LogP contribution in [0.3, 0.4) is 0 Å². The molecule has 1 saturated carbocycles. The molecule has 0 saturated heterocycles. The quantitative estimate of drug-likeness (QED) is 0.649. The Labute approximate surface area is 53.9 Å². The molecule has 0 spiro atoms. The maximum atomic E-state index is 5.07. The summed E-state index contributed by atoms with van der Waals surface area (Å²) in [6.07, 6.45) is 4.27. The Morgan fingerprint density at radius 2 is 2.44 bits per heavy atom. The van der Waals surface area contributed by atoms with Crippen molar-refractivity contribution in [2.75, 3.05) is 5.32 Å². The molecule has 1 aliphatic rings. The van der Waals surface area contributed by atoms with Crippen LogP contribution in [0.4, 0.5) is 5.88 Å². The van der Waals surface area contributed by atoms with Crippen molar-refractivity contribution in [2.24, 2.45) is 0 Å². The molecule has 2 nitrogen and oxygen atoms in total. The highest BCUT2D eigenvalue weighted by atomic mass is 16.3. The molecule has 9 heavy (non-hydrogen) atoms. The molecule has 0 radical (unpaired) electrons. The van der Waals surface area contributed by atoms with E-state index in [1.807, 2.05) is 12.1 Å². The minimum atomic E-state index is 0.691. The van der Waals surface area contributed by atoms with Crippen LogP contribution in [0.5, 0.6) is 0 Å². The molecular formula is C7H9NO. The molecule has 48 valence electrons. The average molecular weight is 123 g/mol. The number of hydrogen-bond donors (Lipinski definition) is 1. The minimum Gasteiger partial charge on any atom is -0.449 e. The number of hydrogen-bond acceptors (Lipinski definition) is 2. The Morgan fingerprint density at radius 1 is 1.56 bits per heavy atom. The molecule has 1 aromatic heterocycles. The van der Waals surface area contributed by atoms with E-state index < -0.39 is 0 Å². The van der Waals surface area contributed by atoms with Crippen LogP contribution in [0, 0.1) is 0 Å². The van der Waals surface area contributed by atoms with E-state index in [4.69, 9.17) is 4.42 Å². The first-order valence-corrected chi connectivity index (χ1v) is 3.25. The average Bonchev–Trinajstić information content (AvgIpc) is 2.46. The van der Waals surface area contributed by atoms with Crippen molar-refractivity contribution < 1.29 is 4.42 Å². The minimum absolute atomic E-state index is 0.691. The van der Waals surface area contributed by atoms with Crippen LogP contribution in [0.2, 0.25) is 0 Å². The predicted octanol–water partition coefficient (Wildman–Crippen LogP) is 1.85. The predicted molar refractivity (Wildman–Crippen MR) is 35.4 cm³/mol. The van der Waals surface area contributed by atoms with Crippen molar-refractivity contribution in [3.05, 3.63) is 18.4 Å². The lowest BCUT2D eigenvalue weighted by atomic mass is 10.6. The molecule has 1 aromatic rings. The summed E-state index contributed by atoms with van der Waals surface area (Å²) in [5.41, 5.74) is 0. The summed E-state index contributed by atoms with van der Waals surface area (Å²) in [4.78, 5) is 0. The van der Waals surface area contributed by atoms with E-state index >= 15 is 0 Å². The molecule has 0 atom stereocenters. The normalized spacial score (nSPS) is 17.8. The molecule has 0 aliphatic heterocycles. The van der Waals surface area contributed by atoms with Gasteiger partial charge in [-0.1, -0.05) is 0 Å². The molecular weight excluding hydrogens is 114 g/mol. The lowest BCUT2D eigenvalue weighted by Crippen LogP contribution is -1.98. The number of nitrogens with one attached hydrogen (secondary N) is 1. The SMILES string of the molecule is c1coc(NC2CC2)c1. The fourth-order valence-corrected chi connectivity index (χ4v) is 0.790. The van der Waals surface area contributed by atoms with E-state index in [1.165, 1.54) is 12.8 Å². The standard InChI is InChI=1S/C7H9NO/c1-2-7(9-5-1)8-6-3-4-6/h1-2,5-6,8H,3-4H2. The fraction of sp³-hybridized carbons (Fsp3) is 0.429. The molecule has 0 amide bonds. The Balaban J connectivity index is 1.99. The van der Waals surface area contributed by atoms with Gasteiger partial charge in [-0.2, -0.15) is 0 Å². The third-order valence-corrected chi connectivity index (χ3v) is 1.44. The largest absolute Gasteiger partial charge is 0.449 e. The van der Waals surface area contributed by atoms with Gasteiger partial charge in [-0.05, 0) is 18.9 Å². The molecule has 1 N–H and O–H groups in total. The molecule has 1 aliphatic carbocycles. The molecule has 1 fully saturated rings. The zero-order valence-electron chi connectivity index (χ0n) is 5.13. The highest BCUT2D eigenvalue weighted by Crippen LogP contribution is 2.24. The molecule has 2 heteroatoms. The molecule has 0 bridgehead atoms. The maximum Gasteiger partial charge on any atom is 0.192 e. The lowest BCUT2D eigenvalue weighted by molar-refractivity contribution is 0.578. The Hall–Kier alpha value is -0.920. The van der Waals surface area contributed by atoms with Crippen LogP contribution in [-0.2, 0) is 0 Å².